The van der Waals surface area contributed by atoms with Crippen LogP contribution in [0.2, 0.25) is 0 Å². The fraction of sp³-hybridized carbons (Fsp3) is 0.273. The lowest BCUT2D eigenvalue weighted by Crippen LogP contribution is -2.44. The number of hydrogen-bond acceptors (Lipinski definition) is 4. The number of ether oxygens (including phenoxy) is 1. The molecule has 17 heavy (non-hydrogen) atoms. The van der Waals surface area contributed by atoms with Crippen LogP contribution in [0.4, 0.5) is 0 Å². The molecule has 1 aliphatic rings. The molecule has 0 saturated heterocycles. The molecular weight excluding hydrogens is 256 g/mol. The molecule has 0 saturated carbocycles. The zero-order valence-electron chi connectivity index (χ0n) is 9.44. The van der Waals surface area contributed by atoms with Crippen LogP contribution in [0.15, 0.2) is 28.1 Å². The van der Waals surface area contributed by atoms with Crippen molar-refractivity contribution in [3.8, 4) is 0 Å². The zero-order chi connectivity index (χ0) is 12.4. The molecule has 1 atom stereocenters. The van der Waals surface area contributed by atoms with Crippen molar-refractivity contribution in [2.24, 2.45) is 0 Å². The maximum Gasteiger partial charge on any atom is 0.337 e. The van der Waals surface area contributed by atoms with E-state index in [-0.39, 0.29) is 12.0 Å². The Morgan fingerprint density at radius 1 is 1.59 bits per heavy atom. The molecule has 2 heterocycles. The van der Waals surface area contributed by atoms with E-state index < -0.39 is 0 Å². The predicted molar refractivity (Wildman–Crippen MR) is 70.6 cm³/mol. The number of hydrogen-bond donors (Lipinski definition) is 2. The molecule has 2 rings (SSSR count). The number of thiophene rings is 1. The van der Waals surface area contributed by atoms with Crippen molar-refractivity contribution >= 4 is 34.6 Å². The lowest BCUT2D eigenvalue weighted by atomic mass is 9.98. The Morgan fingerprint density at radius 3 is 2.94 bits per heavy atom. The highest BCUT2D eigenvalue weighted by Crippen LogP contribution is 2.28. The summed E-state index contributed by atoms with van der Waals surface area (Å²) in [5.41, 5.74) is 2.31. The van der Waals surface area contributed by atoms with Crippen molar-refractivity contribution < 1.29 is 9.53 Å². The largest absolute Gasteiger partial charge is 0.466 e. The van der Waals surface area contributed by atoms with E-state index in [1.807, 2.05) is 23.8 Å². The molecule has 0 radical (unpaired) electrons. The number of carbonyl (C=O) groups is 1. The van der Waals surface area contributed by atoms with Gasteiger partial charge in [-0.15, -0.1) is 0 Å². The third-order valence-corrected chi connectivity index (χ3v) is 3.47. The third kappa shape index (κ3) is 2.32. The third-order valence-electron chi connectivity index (χ3n) is 2.55. The molecule has 0 fully saturated rings. The average Bonchev–Trinajstić information content (AvgIpc) is 2.80. The van der Waals surface area contributed by atoms with Gasteiger partial charge in [-0.05, 0) is 41.5 Å². The maximum atomic E-state index is 11.8. The van der Waals surface area contributed by atoms with Gasteiger partial charge < -0.3 is 15.4 Å². The monoisotopic (exact) mass is 268 g/mol. The normalized spacial score (nSPS) is 19.6. The molecule has 0 amide bonds. The van der Waals surface area contributed by atoms with Crippen LogP contribution in [0.3, 0.4) is 0 Å². The number of rotatable bonds is 2. The summed E-state index contributed by atoms with van der Waals surface area (Å²) >= 11 is 6.68. The summed E-state index contributed by atoms with van der Waals surface area (Å²) in [4.78, 5) is 11.8. The van der Waals surface area contributed by atoms with Gasteiger partial charge in [-0.2, -0.15) is 11.3 Å². The molecule has 6 heteroatoms. The minimum Gasteiger partial charge on any atom is -0.466 e. The van der Waals surface area contributed by atoms with Crippen LogP contribution >= 0.6 is 23.6 Å². The van der Waals surface area contributed by atoms with Gasteiger partial charge in [-0.25, -0.2) is 4.79 Å². The van der Waals surface area contributed by atoms with Crippen molar-refractivity contribution in [2.45, 2.75) is 13.0 Å². The molecule has 1 aliphatic heterocycles. The number of esters is 1. The van der Waals surface area contributed by atoms with E-state index in [0.717, 1.165) is 11.3 Å². The van der Waals surface area contributed by atoms with Crippen molar-refractivity contribution in [1.29, 1.82) is 0 Å². The molecule has 0 aliphatic carbocycles. The van der Waals surface area contributed by atoms with Gasteiger partial charge in [0.1, 0.15) is 0 Å². The second kappa shape index (κ2) is 4.85. The van der Waals surface area contributed by atoms with E-state index in [0.29, 0.717) is 10.7 Å². The van der Waals surface area contributed by atoms with Gasteiger partial charge in [0.05, 0.1) is 18.7 Å². The summed E-state index contributed by atoms with van der Waals surface area (Å²) in [5.74, 6) is -0.346. The van der Waals surface area contributed by atoms with Crippen LogP contribution in [-0.4, -0.2) is 18.2 Å². The second-order valence-electron chi connectivity index (χ2n) is 3.62. The van der Waals surface area contributed by atoms with E-state index in [4.69, 9.17) is 17.0 Å². The molecule has 1 aromatic heterocycles. The molecule has 1 aromatic rings. The maximum absolute atomic E-state index is 11.8. The topological polar surface area (TPSA) is 50.4 Å². The molecular formula is C11H12N2O2S2. The van der Waals surface area contributed by atoms with E-state index in [1.165, 1.54) is 7.11 Å². The van der Waals surface area contributed by atoms with Gasteiger partial charge in [0.2, 0.25) is 0 Å². The second-order valence-corrected chi connectivity index (χ2v) is 4.81. The Balaban J connectivity index is 2.44. The average molecular weight is 268 g/mol. The SMILES string of the molecule is COC(=O)C1=C(C)NC(=S)N[C@@H]1c1ccsc1. The van der Waals surface area contributed by atoms with Crippen molar-refractivity contribution in [3.63, 3.8) is 0 Å². The highest BCUT2D eigenvalue weighted by molar-refractivity contribution is 7.80. The molecule has 0 aromatic carbocycles. The fourth-order valence-corrected chi connectivity index (χ4v) is 2.72. The summed E-state index contributed by atoms with van der Waals surface area (Å²) in [7, 11) is 1.38. The number of thiocarbonyl (C=S) groups is 1. The Kier molecular flexibility index (Phi) is 3.44. The van der Waals surface area contributed by atoms with Gasteiger partial charge in [-0.3, -0.25) is 0 Å². The molecule has 0 unspecified atom stereocenters. The standard InChI is InChI=1S/C11H12N2O2S2/c1-6-8(10(14)15-2)9(13-11(16)12-6)7-3-4-17-5-7/h3-5,9H,1-2H3,(H2,12,13,16)/t9-/m1/s1. The smallest absolute Gasteiger partial charge is 0.337 e. The first-order valence-electron chi connectivity index (χ1n) is 5.02. The van der Waals surface area contributed by atoms with Crippen molar-refractivity contribution in [3.05, 3.63) is 33.7 Å². The van der Waals surface area contributed by atoms with Crippen LogP contribution in [0.25, 0.3) is 0 Å². The number of nitrogens with one attached hydrogen (secondary N) is 2. The minimum atomic E-state index is -0.346. The lowest BCUT2D eigenvalue weighted by molar-refractivity contribution is -0.136. The van der Waals surface area contributed by atoms with Crippen molar-refractivity contribution in [2.75, 3.05) is 7.11 Å². The van der Waals surface area contributed by atoms with Gasteiger partial charge in [0.15, 0.2) is 5.11 Å². The highest BCUT2D eigenvalue weighted by Gasteiger charge is 2.30. The summed E-state index contributed by atoms with van der Waals surface area (Å²) in [6.45, 7) is 1.82. The van der Waals surface area contributed by atoms with E-state index in [1.54, 1.807) is 11.3 Å². The van der Waals surface area contributed by atoms with Crippen LogP contribution in [0.1, 0.15) is 18.5 Å². The first kappa shape index (κ1) is 12.1. The van der Waals surface area contributed by atoms with E-state index in [9.17, 15) is 4.79 Å². The van der Waals surface area contributed by atoms with E-state index in [2.05, 4.69) is 10.6 Å². The van der Waals surface area contributed by atoms with E-state index >= 15 is 0 Å². The molecule has 0 spiro atoms. The quantitative estimate of drug-likeness (QED) is 0.632. The van der Waals surface area contributed by atoms with Gasteiger partial charge in [0, 0.05) is 5.70 Å². The molecule has 4 nitrogen and oxygen atoms in total. The Hall–Kier alpha value is -1.40. The Labute approximate surface area is 109 Å². The number of allylic oxidation sites excluding steroid dienone is 1. The summed E-state index contributed by atoms with van der Waals surface area (Å²) < 4.78 is 4.81. The predicted octanol–water partition coefficient (Wildman–Crippen LogP) is 1.71. The van der Waals surface area contributed by atoms with Crippen LogP contribution in [0, 0.1) is 0 Å². The number of carbonyl (C=O) groups excluding carboxylic acids is 1. The Bertz CT molecular complexity index is 480. The first-order valence-corrected chi connectivity index (χ1v) is 6.37. The lowest BCUT2D eigenvalue weighted by Gasteiger charge is -2.28. The highest BCUT2D eigenvalue weighted by atomic mass is 32.1. The van der Waals surface area contributed by atoms with Crippen LogP contribution in [-0.2, 0) is 9.53 Å². The van der Waals surface area contributed by atoms with Gasteiger partial charge >= 0.3 is 5.97 Å². The molecule has 90 valence electrons. The van der Waals surface area contributed by atoms with Crippen LogP contribution < -0.4 is 10.6 Å². The molecule has 2 N–H and O–H groups in total. The van der Waals surface area contributed by atoms with Crippen molar-refractivity contribution in [1.82, 2.24) is 10.6 Å². The van der Waals surface area contributed by atoms with Gasteiger partial charge in [0.25, 0.3) is 0 Å². The van der Waals surface area contributed by atoms with Crippen LogP contribution in [0.5, 0.6) is 0 Å². The minimum absolute atomic E-state index is 0.234. The first-order chi connectivity index (χ1) is 8.13. The summed E-state index contributed by atoms with van der Waals surface area (Å²) in [6, 6.07) is 1.73. The summed E-state index contributed by atoms with van der Waals surface area (Å²) in [5, 5.41) is 10.5. The zero-order valence-corrected chi connectivity index (χ0v) is 11.1. The molecule has 0 bridgehead atoms. The number of methoxy groups -OCH3 is 1. The Morgan fingerprint density at radius 2 is 2.35 bits per heavy atom. The van der Waals surface area contributed by atoms with Gasteiger partial charge in [-0.1, -0.05) is 0 Å². The summed E-state index contributed by atoms with van der Waals surface area (Å²) in [6.07, 6.45) is 0. The fourth-order valence-electron chi connectivity index (χ4n) is 1.76.